The molecule has 0 spiro atoms. The average Bonchev–Trinajstić information content (AvgIpc) is 2.87. The van der Waals surface area contributed by atoms with Crippen molar-refractivity contribution in [2.45, 2.75) is 19.4 Å². The van der Waals surface area contributed by atoms with Gasteiger partial charge in [0.25, 0.3) is 0 Å². The van der Waals surface area contributed by atoms with Crippen LogP contribution in [0, 0.1) is 0 Å². The molecule has 1 aliphatic rings. The Morgan fingerprint density at radius 3 is 2.71 bits per heavy atom. The van der Waals surface area contributed by atoms with Gasteiger partial charge in [0.2, 0.25) is 5.91 Å². The van der Waals surface area contributed by atoms with E-state index >= 15 is 0 Å². The van der Waals surface area contributed by atoms with E-state index in [-0.39, 0.29) is 11.9 Å². The third kappa shape index (κ3) is 4.75. The van der Waals surface area contributed by atoms with E-state index in [0.717, 1.165) is 24.2 Å². The molecule has 1 aromatic rings. The summed E-state index contributed by atoms with van der Waals surface area (Å²) >= 11 is 0. The van der Waals surface area contributed by atoms with Crippen LogP contribution in [0.3, 0.4) is 0 Å². The molecule has 2 N–H and O–H groups in total. The Kier molecular flexibility index (Phi) is 5.57. The molecule has 0 aliphatic carbocycles. The van der Waals surface area contributed by atoms with E-state index in [2.05, 4.69) is 10.6 Å². The minimum absolute atomic E-state index is 0.217. The van der Waals surface area contributed by atoms with Crippen molar-refractivity contribution >= 4 is 17.6 Å². The zero-order chi connectivity index (χ0) is 15.1. The number of nitrogens with one attached hydrogen (secondary N) is 2. The molecule has 0 aromatic heterocycles. The predicted molar refractivity (Wildman–Crippen MR) is 80.0 cm³/mol. The van der Waals surface area contributed by atoms with E-state index in [1.54, 1.807) is 7.11 Å². The average molecular weight is 291 g/mol. The fourth-order valence-electron chi connectivity index (χ4n) is 2.23. The first kappa shape index (κ1) is 15.3. The maximum atomic E-state index is 11.6. The van der Waals surface area contributed by atoms with Crippen molar-refractivity contribution < 1.29 is 14.3 Å². The molecule has 6 nitrogen and oxygen atoms in total. The van der Waals surface area contributed by atoms with Crippen LogP contribution < -0.4 is 10.6 Å². The van der Waals surface area contributed by atoms with Crippen LogP contribution in [-0.4, -0.2) is 43.6 Å². The lowest BCUT2D eigenvalue weighted by molar-refractivity contribution is -0.128. The number of carbonyl (C=O) groups excluding carboxylic acids is 2. The summed E-state index contributed by atoms with van der Waals surface area (Å²) in [5, 5.41) is 5.43. The SMILES string of the molecule is COCCNC(=O)Nc1ccc(CN2CCCC2=O)cc1. The monoisotopic (exact) mass is 291 g/mol. The highest BCUT2D eigenvalue weighted by molar-refractivity contribution is 5.89. The van der Waals surface area contributed by atoms with Gasteiger partial charge in [0.1, 0.15) is 0 Å². The summed E-state index contributed by atoms with van der Waals surface area (Å²) in [6.07, 6.45) is 1.60. The quantitative estimate of drug-likeness (QED) is 0.782. The summed E-state index contributed by atoms with van der Waals surface area (Å²) < 4.78 is 4.86. The molecule has 1 heterocycles. The number of urea groups is 1. The highest BCUT2D eigenvalue weighted by Gasteiger charge is 2.19. The molecule has 0 bridgehead atoms. The first-order valence-corrected chi connectivity index (χ1v) is 7.09. The fraction of sp³-hybridized carbons (Fsp3) is 0.467. The molecule has 0 radical (unpaired) electrons. The van der Waals surface area contributed by atoms with Gasteiger partial charge in [-0.25, -0.2) is 4.79 Å². The van der Waals surface area contributed by atoms with Crippen LogP contribution in [0.1, 0.15) is 18.4 Å². The molecule has 114 valence electrons. The zero-order valence-electron chi connectivity index (χ0n) is 12.2. The number of rotatable bonds is 6. The summed E-state index contributed by atoms with van der Waals surface area (Å²) in [7, 11) is 1.59. The Balaban J connectivity index is 1.81. The lowest BCUT2D eigenvalue weighted by Gasteiger charge is -2.15. The highest BCUT2D eigenvalue weighted by Crippen LogP contribution is 2.16. The van der Waals surface area contributed by atoms with Crippen LogP contribution in [0.15, 0.2) is 24.3 Å². The number of hydrogen-bond donors (Lipinski definition) is 2. The van der Waals surface area contributed by atoms with Crippen LogP contribution in [0.25, 0.3) is 0 Å². The molecule has 6 heteroatoms. The number of hydrogen-bond acceptors (Lipinski definition) is 3. The Hall–Kier alpha value is -2.08. The summed E-state index contributed by atoms with van der Waals surface area (Å²) in [5.74, 6) is 0.217. The summed E-state index contributed by atoms with van der Waals surface area (Å²) in [6.45, 7) is 2.42. The number of methoxy groups -OCH3 is 1. The Labute approximate surface area is 124 Å². The molecule has 0 unspecified atom stereocenters. The van der Waals surface area contributed by atoms with Gasteiger partial charge in [-0.05, 0) is 24.1 Å². The molecule has 2 rings (SSSR count). The standard InChI is InChI=1S/C15H21N3O3/c1-21-10-8-16-15(20)17-13-6-4-12(5-7-13)11-18-9-2-3-14(18)19/h4-7H,2-3,8-11H2,1H3,(H2,16,17,20). The number of benzene rings is 1. The second-order valence-corrected chi connectivity index (χ2v) is 4.99. The normalized spacial score (nSPS) is 14.3. The number of likely N-dealkylation sites (tertiary alicyclic amines) is 1. The smallest absolute Gasteiger partial charge is 0.319 e. The molecule has 1 saturated heterocycles. The van der Waals surface area contributed by atoms with Gasteiger partial charge in [-0.15, -0.1) is 0 Å². The van der Waals surface area contributed by atoms with Crippen molar-refractivity contribution in [2.24, 2.45) is 0 Å². The van der Waals surface area contributed by atoms with E-state index < -0.39 is 0 Å². The molecule has 1 fully saturated rings. The maximum Gasteiger partial charge on any atom is 0.319 e. The van der Waals surface area contributed by atoms with E-state index in [1.807, 2.05) is 29.2 Å². The third-order valence-corrected chi connectivity index (χ3v) is 3.35. The van der Waals surface area contributed by atoms with Crippen LogP contribution in [-0.2, 0) is 16.1 Å². The first-order valence-electron chi connectivity index (χ1n) is 7.09. The minimum Gasteiger partial charge on any atom is -0.383 e. The topological polar surface area (TPSA) is 70.7 Å². The second-order valence-electron chi connectivity index (χ2n) is 4.99. The van der Waals surface area contributed by atoms with Gasteiger partial charge >= 0.3 is 6.03 Å². The first-order chi connectivity index (χ1) is 10.2. The van der Waals surface area contributed by atoms with Gasteiger partial charge in [0.05, 0.1) is 6.61 Å². The summed E-state index contributed by atoms with van der Waals surface area (Å²) in [5.41, 5.74) is 1.79. The fourth-order valence-corrected chi connectivity index (χ4v) is 2.23. The Morgan fingerprint density at radius 2 is 2.10 bits per heavy atom. The summed E-state index contributed by atoms with van der Waals surface area (Å²) in [4.78, 5) is 25.0. The van der Waals surface area contributed by atoms with Gasteiger partial charge in [-0.3, -0.25) is 4.79 Å². The van der Waals surface area contributed by atoms with Crippen molar-refractivity contribution in [3.63, 3.8) is 0 Å². The molecular formula is C15H21N3O3. The maximum absolute atomic E-state index is 11.6. The van der Waals surface area contributed by atoms with Crippen molar-refractivity contribution in [3.05, 3.63) is 29.8 Å². The van der Waals surface area contributed by atoms with Crippen molar-refractivity contribution in [1.29, 1.82) is 0 Å². The number of ether oxygens (including phenoxy) is 1. The van der Waals surface area contributed by atoms with Crippen LogP contribution in [0.2, 0.25) is 0 Å². The molecule has 1 aliphatic heterocycles. The van der Waals surface area contributed by atoms with Crippen molar-refractivity contribution in [3.8, 4) is 0 Å². The number of nitrogens with zero attached hydrogens (tertiary/aromatic N) is 1. The second kappa shape index (κ2) is 7.64. The molecule has 0 saturated carbocycles. The predicted octanol–water partition coefficient (Wildman–Crippen LogP) is 1.58. The van der Waals surface area contributed by atoms with Crippen molar-refractivity contribution in [2.75, 3.05) is 32.1 Å². The molecule has 21 heavy (non-hydrogen) atoms. The van der Waals surface area contributed by atoms with Crippen LogP contribution >= 0.6 is 0 Å². The number of carbonyl (C=O) groups is 2. The van der Waals surface area contributed by atoms with Gasteiger partial charge in [0, 0.05) is 38.9 Å². The van der Waals surface area contributed by atoms with Gasteiger partial charge < -0.3 is 20.3 Å². The number of anilines is 1. The molecule has 3 amide bonds. The van der Waals surface area contributed by atoms with Gasteiger partial charge in [-0.2, -0.15) is 0 Å². The van der Waals surface area contributed by atoms with Crippen LogP contribution in [0.5, 0.6) is 0 Å². The Bertz CT molecular complexity index is 487. The lowest BCUT2D eigenvalue weighted by atomic mass is 10.2. The van der Waals surface area contributed by atoms with E-state index in [0.29, 0.717) is 26.1 Å². The zero-order valence-corrected chi connectivity index (χ0v) is 12.2. The molecular weight excluding hydrogens is 270 g/mol. The lowest BCUT2D eigenvalue weighted by Crippen LogP contribution is -2.31. The highest BCUT2D eigenvalue weighted by atomic mass is 16.5. The van der Waals surface area contributed by atoms with Gasteiger partial charge in [0.15, 0.2) is 0 Å². The minimum atomic E-state index is -0.255. The molecule has 0 atom stereocenters. The van der Waals surface area contributed by atoms with E-state index in [1.165, 1.54) is 0 Å². The number of amides is 3. The molecule has 1 aromatic carbocycles. The largest absolute Gasteiger partial charge is 0.383 e. The summed E-state index contributed by atoms with van der Waals surface area (Å²) in [6, 6.07) is 7.28. The third-order valence-electron chi connectivity index (χ3n) is 3.35. The van der Waals surface area contributed by atoms with E-state index in [4.69, 9.17) is 4.74 Å². The van der Waals surface area contributed by atoms with Crippen molar-refractivity contribution in [1.82, 2.24) is 10.2 Å². The van der Waals surface area contributed by atoms with Gasteiger partial charge in [-0.1, -0.05) is 12.1 Å². The van der Waals surface area contributed by atoms with E-state index in [9.17, 15) is 9.59 Å². The Morgan fingerprint density at radius 1 is 1.33 bits per heavy atom. The van der Waals surface area contributed by atoms with Crippen LogP contribution in [0.4, 0.5) is 10.5 Å².